The molecule has 2 saturated carbocycles. The summed E-state index contributed by atoms with van der Waals surface area (Å²) in [5.74, 6) is 1.95. The van der Waals surface area contributed by atoms with Crippen LogP contribution in [0.3, 0.4) is 0 Å². The van der Waals surface area contributed by atoms with Crippen molar-refractivity contribution < 1.29 is 9.47 Å². The van der Waals surface area contributed by atoms with E-state index in [0.29, 0.717) is 0 Å². The van der Waals surface area contributed by atoms with Crippen LogP contribution in [0.5, 0.6) is 11.5 Å². The number of ether oxygens (including phenoxy) is 2. The number of hydrogen-bond acceptors (Lipinski definition) is 2. The second-order valence-electron chi connectivity index (χ2n) is 8.66. The number of hydrogen-bond donors (Lipinski definition) is 0. The SMILES string of the molecule is COc1cccc(I)c1-c1c(OC)cccc1P(C1CCCCC1)C1CCCCC1. The third kappa shape index (κ3) is 4.67. The van der Waals surface area contributed by atoms with Gasteiger partial charge in [-0.2, -0.15) is 0 Å². The van der Waals surface area contributed by atoms with Gasteiger partial charge in [-0.05, 0) is 83.1 Å². The summed E-state index contributed by atoms with van der Waals surface area (Å²) >= 11 is 2.47. The standard InChI is InChI=1S/C26H34IO2P/c1-28-22-16-9-15-21(27)25(22)26-23(29-2)17-10-18-24(26)30(19-11-5-3-6-12-19)20-13-7-4-8-14-20/h9-10,15-20H,3-8,11-14H2,1-2H3. The first-order valence-corrected chi connectivity index (χ1v) is 14.1. The average Bonchev–Trinajstić information content (AvgIpc) is 2.80. The fraction of sp³-hybridized carbons (Fsp3) is 0.538. The van der Waals surface area contributed by atoms with Crippen LogP contribution in [0.25, 0.3) is 11.1 Å². The molecule has 2 aromatic rings. The molecule has 0 radical (unpaired) electrons. The van der Waals surface area contributed by atoms with Crippen LogP contribution in [-0.2, 0) is 0 Å². The minimum absolute atomic E-state index is 0.227. The van der Waals surface area contributed by atoms with E-state index >= 15 is 0 Å². The van der Waals surface area contributed by atoms with Crippen molar-refractivity contribution in [3.8, 4) is 22.6 Å². The van der Waals surface area contributed by atoms with Crippen LogP contribution in [0.4, 0.5) is 0 Å². The fourth-order valence-corrected chi connectivity index (χ4v) is 10.2. The molecule has 0 spiro atoms. The molecule has 2 aromatic carbocycles. The largest absolute Gasteiger partial charge is 0.496 e. The minimum atomic E-state index is -0.227. The van der Waals surface area contributed by atoms with E-state index in [9.17, 15) is 0 Å². The first kappa shape index (κ1) is 22.4. The second-order valence-corrected chi connectivity index (χ2v) is 12.6. The molecule has 0 amide bonds. The van der Waals surface area contributed by atoms with Crippen molar-refractivity contribution in [3.05, 3.63) is 40.0 Å². The van der Waals surface area contributed by atoms with E-state index in [2.05, 4.69) is 59.0 Å². The molecule has 2 aliphatic carbocycles. The maximum absolute atomic E-state index is 5.97. The summed E-state index contributed by atoms with van der Waals surface area (Å²) in [5.41, 5.74) is 4.22. The van der Waals surface area contributed by atoms with E-state index in [-0.39, 0.29) is 7.92 Å². The number of rotatable bonds is 6. The summed E-state index contributed by atoms with van der Waals surface area (Å²) < 4.78 is 13.1. The zero-order valence-corrected chi connectivity index (χ0v) is 21.4. The molecule has 2 fully saturated rings. The molecule has 0 aliphatic heterocycles. The lowest BCUT2D eigenvalue weighted by Crippen LogP contribution is -2.27. The van der Waals surface area contributed by atoms with Crippen LogP contribution >= 0.6 is 30.5 Å². The second kappa shape index (κ2) is 10.7. The maximum Gasteiger partial charge on any atom is 0.127 e. The Kier molecular flexibility index (Phi) is 7.97. The minimum Gasteiger partial charge on any atom is -0.496 e. The molecule has 2 nitrogen and oxygen atoms in total. The van der Waals surface area contributed by atoms with Crippen LogP contribution < -0.4 is 14.8 Å². The van der Waals surface area contributed by atoms with Gasteiger partial charge < -0.3 is 9.47 Å². The smallest absolute Gasteiger partial charge is 0.127 e. The highest BCUT2D eigenvalue weighted by Crippen LogP contribution is 2.57. The summed E-state index contributed by atoms with van der Waals surface area (Å²) in [5, 5.41) is 1.56. The van der Waals surface area contributed by atoms with Crippen molar-refractivity contribution >= 4 is 35.8 Å². The van der Waals surface area contributed by atoms with Crippen LogP contribution in [0.15, 0.2) is 36.4 Å². The molecule has 0 unspecified atom stereocenters. The molecule has 0 saturated heterocycles. The highest BCUT2D eigenvalue weighted by Gasteiger charge is 2.35. The molecule has 2 aliphatic rings. The van der Waals surface area contributed by atoms with Crippen molar-refractivity contribution in [2.75, 3.05) is 14.2 Å². The van der Waals surface area contributed by atoms with Gasteiger partial charge in [-0.15, -0.1) is 0 Å². The summed E-state index contributed by atoms with van der Waals surface area (Å²) in [4.78, 5) is 0. The predicted molar refractivity (Wildman–Crippen MR) is 138 cm³/mol. The van der Waals surface area contributed by atoms with Gasteiger partial charge in [0, 0.05) is 14.7 Å². The van der Waals surface area contributed by atoms with Crippen molar-refractivity contribution in [2.45, 2.75) is 75.5 Å². The third-order valence-corrected chi connectivity index (χ3v) is 11.3. The summed E-state index contributed by atoms with van der Waals surface area (Å²) in [6, 6.07) is 13.2. The molecule has 162 valence electrons. The van der Waals surface area contributed by atoms with Gasteiger partial charge in [-0.3, -0.25) is 0 Å². The van der Waals surface area contributed by atoms with Gasteiger partial charge >= 0.3 is 0 Å². The molecule has 0 bridgehead atoms. The quantitative estimate of drug-likeness (QED) is 0.278. The van der Waals surface area contributed by atoms with E-state index in [1.165, 1.54) is 78.9 Å². The maximum atomic E-state index is 5.97. The lowest BCUT2D eigenvalue weighted by Gasteiger charge is -2.40. The van der Waals surface area contributed by atoms with Gasteiger partial charge in [0.1, 0.15) is 11.5 Å². The molecule has 4 heteroatoms. The van der Waals surface area contributed by atoms with E-state index < -0.39 is 0 Å². The van der Waals surface area contributed by atoms with Crippen molar-refractivity contribution in [2.24, 2.45) is 0 Å². The van der Waals surface area contributed by atoms with E-state index in [4.69, 9.17) is 9.47 Å². The van der Waals surface area contributed by atoms with Gasteiger partial charge in [0.05, 0.1) is 14.2 Å². The van der Waals surface area contributed by atoms with Gasteiger partial charge in [-0.25, -0.2) is 0 Å². The molecule has 0 aromatic heterocycles. The molecule has 4 rings (SSSR count). The Hall–Kier alpha value is -0.800. The van der Waals surface area contributed by atoms with Crippen LogP contribution in [0, 0.1) is 3.57 Å². The van der Waals surface area contributed by atoms with Crippen molar-refractivity contribution in [3.63, 3.8) is 0 Å². The molecular weight excluding hydrogens is 502 g/mol. The number of methoxy groups -OCH3 is 2. The van der Waals surface area contributed by atoms with Crippen LogP contribution in [-0.4, -0.2) is 25.5 Å². The average molecular weight is 536 g/mol. The summed E-state index contributed by atoms with van der Waals surface area (Å²) in [6.45, 7) is 0. The first-order valence-electron chi connectivity index (χ1n) is 11.5. The predicted octanol–water partition coefficient (Wildman–Crippen LogP) is 7.75. The Labute approximate surface area is 197 Å². The monoisotopic (exact) mass is 536 g/mol. The summed E-state index contributed by atoms with van der Waals surface area (Å²) in [7, 11) is 3.37. The first-order chi connectivity index (χ1) is 14.7. The lowest BCUT2D eigenvalue weighted by atomic mass is 9.99. The van der Waals surface area contributed by atoms with Gasteiger partial charge in [0.2, 0.25) is 0 Å². The van der Waals surface area contributed by atoms with Crippen LogP contribution in [0.2, 0.25) is 0 Å². The van der Waals surface area contributed by atoms with Gasteiger partial charge in [0.15, 0.2) is 0 Å². The topological polar surface area (TPSA) is 18.5 Å². The number of halogens is 1. The Morgan fingerprint density at radius 2 is 1.20 bits per heavy atom. The highest BCUT2D eigenvalue weighted by atomic mass is 127. The zero-order valence-electron chi connectivity index (χ0n) is 18.3. The van der Waals surface area contributed by atoms with Gasteiger partial charge in [-0.1, -0.05) is 64.6 Å². The fourth-order valence-electron chi connectivity index (χ4n) is 5.48. The molecular formula is C26H34IO2P. The Morgan fingerprint density at radius 1 is 0.700 bits per heavy atom. The molecule has 0 heterocycles. The summed E-state index contributed by atoms with van der Waals surface area (Å²) in [6.07, 6.45) is 14.1. The molecule has 0 atom stereocenters. The van der Waals surface area contributed by atoms with E-state index in [0.717, 1.165) is 22.8 Å². The Balaban J connectivity index is 1.89. The van der Waals surface area contributed by atoms with Crippen molar-refractivity contribution in [1.29, 1.82) is 0 Å². The van der Waals surface area contributed by atoms with Gasteiger partial charge in [0.25, 0.3) is 0 Å². The van der Waals surface area contributed by atoms with Crippen LogP contribution in [0.1, 0.15) is 64.2 Å². The van der Waals surface area contributed by atoms with E-state index in [1.807, 2.05) is 7.11 Å². The normalized spacial score (nSPS) is 18.5. The third-order valence-electron chi connectivity index (χ3n) is 6.88. The van der Waals surface area contributed by atoms with Crippen molar-refractivity contribution in [1.82, 2.24) is 0 Å². The van der Waals surface area contributed by atoms with E-state index in [1.54, 1.807) is 12.4 Å². The molecule has 0 N–H and O–H groups in total. The number of benzene rings is 2. The Morgan fingerprint density at radius 3 is 1.73 bits per heavy atom. The Bertz CT molecular complexity index is 823. The molecule has 30 heavy (non-hydrogen) atoms. The zero-order chi connectivity index (χ0) is 20.9. The lowest BCUT2D eigenvalue weighted by molar-refractivity contribution is 0.410. The highest BCUT2D eigenvalue weighted by molar-refractivity contribution is 14.1.